The summed E-state index contributed by atoms with van der Waals surface area (Å²) in [6.45, 7) is 3.23. The average Bonchev–Trinajstić information content (AvgIpc) is 2.46. The number of nitrogens with one attached hydrogen (secondary N) is 2. The molecule has 3 nitrogen and oxygen atoms in total. The van der Waals surface area contributed by atoms with E-state index in [0.29, 0.717) is 11.6 Å². The van der Waals surface area contributed by atoms with Crippen LogP contribution in [0.3, 0.4) is 0 Å². The van der Waals surface area contributed by atoms with Crippen molar-refractivity contribution >= 4 is 5.91 Å². The summed E-state index contributed by atoms with van der Waals surface area (Å²) in [6, 6.07) is 6.64. The van der Waals surface area contributed by atoms with Crippen LogP contribution in [0.25, 0.3) is 0 Å². The van der Waals surface area contributed by atoms with E-state index in [1.54, 1.807) is 12.1 Å². The molecule has 20 heavy (non-hydrogen) atoms. The molecular weight excluding hydrogens is 255 g/mol. The monoisotopic (exact) mass is 278 g/mol. The van der Waals surface area contributed by atoms with Crippen molar-refractivity contribution in [2.24, 2.45) is 0 Å². The van der Waals surface area contributed by atoms with Crippen LogP contribution in [0.2, 0.25) is 0 Å². The summed E-state index contributed by atoms with van der Waals surface area (Å²) >= 11 is 0. The van der Waals surface area contributed by atoms with Crippen molar-refractivity contribution in [3.63, 3.8) is 0 Å². The zero-order chi connectivity index (χ0) is 14.4. The van der Waals surface area contributed by atoms with Gasteiger partial charge in [-0.15, -0.1) is 0 Å². The largest absolute Gasteiger partial charge is 0.349 e. The molecule has 0 aromatic heterocycles. The van der Waals surface area contributed by atoms with Gasteiger partial charge in [-0.2, -0.15) is 0 Å². The number of benzene rings is 1. The third kappa shape index (κ3) is 4.30. The highest BCUT2D eigenvalue weighted by molar-refractivity contribution is 5.94. The quantitative estimate of drug-likeness (QED) is 0.869. The van der Waals surface area contributed by atoms with Gasteiger partial charge in [-0.05, 0) is 56.8 Å². The van der Waals surface area contributed by atoms with Crippen LogP contribution in [0.1, 0.15) is 49.4 Å². The molecule has 1 fully saturated rings. The van der Waals surface area contributed by atoms with E-state index < -0.39 is 0 Å². The fourth-order valence-corrected chi connectivity index (χ4v) is 2.69. The van der Waals surface area contributed by atoms with Crippen LogP contribution in [0.15, 0.2) is 24.3 Å². The van der Waals surface area contributed by atoms with Crippen LogP contribution in [0, 0.1) is 5.82 Å². The van der Waals surface area contributed by atoms with Gasteiger partial charge in [0.2, 0.25) is 0 Å². The van der Waals surface area contributed by atoms with Crippen molar-refractivity contribution in [1.29, 1.82) is 0 Å². The SMILES string of the molecule is CCCNC1CCC(NC(=O)c2cccc(F)c2)CC1. The Morgan fingerprint density at radius 3 is 2.60 bits per heavy atom. The van der Waals surface area contributed by atoms with Gasteiger partial charge in [-0.3, -0.25) is 4.79 Å². The van der Waals surface area contributed by atoms with Crippen molar-refractivity contribution in [2.45, 2.75) is 51.1 Å². The molecule has 4 heteroatoms. The average molecular weight is 278 g/mol. The number of hydrogen-bond acceptors (Lipinski definition) is 2. The number of halogens is 1. The molecule has 0 spiro atoms. The van der Waals surface area contributed by atoms with Gasteiger partial charge < -0.3 is 10.6 Å². The highest BCUT2D eigenvalue weighted by Crippen LogP contribution is 2.19. The number of carbonyl (C=O) groups excluding carboxylic acids is 1. The third-order valence-corrected chi connectivity index (χ3v) is 3.83. The van der Waals surface area contributed by atoms with E-state index in [1.807, 2.05) is 0 Å². The van der Waals surface area contributed by atoms with Crippen molar-refractivity contribution < 1.29 is 9.18 Å². The lowest BCUT2D eigenvalue weighted by Gasteiger charge is -2.29. The van der Waals surface area contributed by atoms with Crippen LogP contribution in [0.5, 0.6) is 0 Å². The Morgan fingerprint density at radius 2 is 1.95 bits per heavy atom. The van der Waals surface area contributed by atoms with Gasteiger partial charge in [-0.25, -0.2) is 4.39 Å². The molecule has 110 valence electrons. The molecule has 0 saturated heterocycles. The summed E-state index contributed by atoms with van der Waals surface area (Å²) in [5.41, 5.74) is 0.399. The maximum absolute atomic E-state index is 13.1. The smallest absolute Gasteiger partial charge is 0.251 e. The molecule has 1 aromatic carbocycles. The minimum absolute atomic E-state index is 0.172. The predicted molar refractivity (Wildman–Crippen MR) is 78.2 cm³/mol. The molecule has 0 heterocycles. The first-order valence-corrected chi connectivity index (χ1v) is 7.49. The van der Waals surface area contributed by atoms with Crippen LogP contribution in [0.4, 0.5) is 4.39 Å². The predicted octanol–water partition coefficient (Wildman–Crippen LogP) is 2.87. The van der Waals surface area contributed by atoms with Crippen LogP contribution >= 0.6 is 0 Å². The van der Waals surface area contributed by atoms with E-state index in [1.165, 1.54) is 12.1 Å². The Kier molecular flexibility index (Phi) is 5.53. The van der Waals surface area contributed by atoms with Gasteiger partial charge in [0.25, 0.3) is 5.91 Å². The molecule has 0 bridgehead atoms. The summed E-state index contributed by atoms with van der Waals surface area (Å²) < 4.78 is 13.1. The first-order chi connectivity index (χ1) is 9.69. The Morgan fingerprint density at radius 1 is 1.25 bits per heavy atom. The fraction of sp³-hybridized carbons (Fsp3) is 0.562. The summed E-state index contributed by atoms with van der Waals surface area (Å²) in [5, 5.41) is 6.53. The van der Waals surface area contributed by atoms with Crippen molar-refractivity contribution in [3.05, 3.63) is 35.6 Å². The molecule has 1 aliphatic carbocycles. The number of amides is 1. The Hall–Kier alpha value is -1.42. The maximum atomic E-state index is 13.1. The third-order valence-electron chi connectivity index (χ3n) is 3.83. The summed E-state index contributed by atoms with van der Waals surface area (Å²) in [5.74, 6) is -0.542. The minimum atomic E-state index is -0.370. The van der Waals surface area contributed by atoms with E-state index >= 15 is 0 Å². The standard InChI is InChI=1S/C16H23FN2O/c1-2-10-18-14-6-8-15(9-7-14)19-16(20)12-4-3-5-13(17)11-12/h3-5,11,14-15,18H,2,6-10H2,1H3,(H,19,20). The zero-order valence-corrected chi connectivity index (χ0v) is 12.0. The molecule has 1 amide bonds. The fourth-order valence-electron chi connectivity index (χ4n) is 2.69. The van der Waals surface area contributed by atoms with Crippen molar-refractivity contribution in [1.82, 2.24) is 10.6 Å². The van der Waals surface area contributed by atoms with Gasteiger partial charge in [-0.1, -0.05) is 13.0 Å². The maximum Gasteiger partial charge on any atom is 0.251 e. The molecule has 2 N–H and O–H groups in total. The molecule has 0 unspecified atom stereocenters. The normalized spacial score (nSPS) is 22.5. The molecule has 0 radical (unpaired) electrons. The summed E-state index contributed by atoms with van der Waals surface area (Å²) in [4.78, 5) is 12.0. The first-order valence-electron chi connectivity index (χ1n) is 7.49. The topological polar surface area (TPSA) is 41.1 Å². The molecule has 1 aromatic rings. The Labute approximate surface area is 120 Å². The molecule has 1 saturated carbocycles. The second kappa shape index (κ2) is 7.39. The van der Waals surface area contributed by atoms with E-state index in [0.717, 1.165) is 38.6 Å². The second-order valence-electron chi connectivity index (χ2n) is 5.49. The van der Waals surface area contributed by atoms with Crippen LogP contribution in [-0.4, -0.2) is 24.5 Å². The molecular formula is C16H23FN2O. The number of hydrogen-bond donors (Lipinski definition) is 2. The van der Waals surface area contributed by atoms with E-state index in [2.05, 4.69) is 17.6 Å². The molecule has 0 atom stereocenters. The van der Waals surface area contributed by atoms with Gasteiger partial charge in [0.05, 0.1) is 0 Å². The van der Waals surface area contributed by atoms with Crippen LogP contribution < -0.4 is 10.6 Å². The van der Waals surface area contributed by atoms with E-state index in [4.69, 9.17) is 0 Å². The second-order valence-corrected chi connectivity index (χ2v) is 5.49. The first kappa shape index (κ1) is 15.0. The van der Waals surface area contributed by atoms with Crippen molar-refractivity contribution in [2.75, 3.05) is 6.54 Å². The lowest BCUT2D eigenvalue weighted by atomic mass is 9.91. The molecule has 2 rings (SSSR count). The highest BCUT2D eigenvalue weighted by atomic mass is 19.1. The van der Waals surface area contributed by atoms with E-state index in [-0.39, 0.29) is 17.8 Å². The number of rotatable bonds is 5. The van der Waals surface area contributed by atoms with Gasteiger partial charge in [0.15, 0.2) is 0 Å². The van der Waals surface area contributed by atoms with Crippen molar-refractivity contribution in [3.8, 4) is 0 Å². The zero-order valence-electron chi connectivity index (χ0n) is 12.0. The van der Waals surface area contributed by atoms with Gasteiger partial charge in [0.1, 0.15) is 5.82 Å². The molecule has 0 aliphatic heterocycles. The van der Waals surface area contributed by atoms with Gasteiger partial charge >= 0.3 is 0 Å². The summed E-state index contributed by atoms with van der Waals surface area (Å²) in [7, 11) is 0. The van der Waals surface area contributed by atoms with Gasteiger partial charge in [0, 0.05) is 17.6 Å². The van der Waals surface area contributed by atoms with E-state index in [9.17, 15) is 9.18 Å². The Balaban J connectivity index is 1.79. The number of carbonyl (C=O) groups is 1. The van der Waals surface area contributed by atoms with Crippen LogP contribution in [-0.2, 0) is 0 Å². The lowest BCUT2D eigenvalue weighted by Crippen LogP contribution is -2.42. The Bertz CT molecular complexity index is 442. The molecule has 1 aliphatic rings. The summed E-state index contributed by atoms with van der Waals surface area (Å²) in [6.07, 6.45) is 5.31. The lowest BCUT2D eigenvalue weighted by molar-refractivity contribution is 0.0924. The highest BCUT2D eigenvalue weighted by Gasteiger charge is 2.22. The minimum Gasteiger partial charge on any atom is -0.349 e.